The standard InChI is InChI=1S/C21H34N2O/c1-4-6-7-8-9-11-23-12-10-16-13-19-20(21(24)18(16)14-23)17(5-2)15(3)22-19/h16,18,22H,4-14H2,1-3H3. The number of aromatic amines is 1. The molecule has 0 saturated carbocycles. The first-order chi connectivity index (χ1) is 11.7. The molecule has 3 heteroatoms. The predicted octanol–water partition coefficient (Wildman–Crippen LogP) is 4.53. The molecule has 1 aliphatic carbocycles. The minimum atomic E-state index is 0.238. The number of unbranched alkanes of at least 4 members (excludes halogenated alkanes) is 4. The molecule has 1 aromatic heterocycles. The molecule has 0 amide bonds. The van der Waals surface area contributed by atoms with Crippen LogP contribution in [0.25, 0.3) is 0 Å². The second-order valence-corrected chi connectivity index (χ2v) is 7.87. The summed E-state index contributed by atoms with van der Waals surface area (Å²) in [5.74, 6) is 1.23. The lowest BCUT2D eigenvalue weighted by molar-refractivity contribution is 0.0656. The van der Waals surface area contributed by atoms with E-state index in [1.54, 1.807) is 0 Å². The smallest absolute Gasteiger partial charge is 0.169 e. The molecule has 3 nitrogen and oxygen atoms in total. The third-order valence-corrected chi connectivity index (χ3v) is 6.22. The molecular weight excluding hydrogens is 296 g/mol. The average molecular weight is 331 g/mol. The van der Waals surface area contributed by atoms with Gasteiger partial charge in [0, 0.05) is 29.4 Å². The van der Waals surface area contributed by atoms with Crippen molar-refractivity contribution in [2.45, 2.75) is 72.1 Å². The van der Waals surface area contributed by atoms with E-state index < -0.39 is 0 Å². The fraction of sp³-hybridized carbons (Fsp3) is 0.762. The number of aromatic nitrogens is 1. The summed E-state index contributed by atoms with van der Waals surface area (Å²) in [6.45, 7) is 9.90. The summed E-state index contributed by atoms with van der Waals surface area (Å²) >= 11 is 0. The highest BCUT2D eigenvalue weighted by Gasteiger charge is 2.41. The molecule has 2 heterocycles. The van der Waals surface area contributed by atoms with Gasteiger partial charge in [-0.15, -0.1) is 0 Å². The fourth-order valence-corrected chi connectivity index (χ4v) is 4.83. The molecule has 1 saturated heterocycles. The lowest BCUT2D eigenvalue weighted by Crippen LogP contribution is -2.47. The second kappa shape index (κ2) is 7.86. The van der Waals surface area contributed by atoms with Crippen molar-refractivity contribution in [3.63, 3.8) is 0 Å². The van der Waals surface area contributed by atoms with Gasteiger partial charge in [0.2, 0.25) is 0 Å². The van der Waals surface area contributed by atoms with Gasteiger partial charge in [0.15, 0.2) is 5.78 Å². The first-order valence-electron chi connectivity index (χ1n) is 10.1. The van der Waals surface area contributed by atoms with Crippen LogP contribution in [0, 0.1) is 18.8 Å². The summed E-state index contributed by atoms with van der Waals surface area (Å²) in [4.78, 5) is 19.2. The van der Waals surface area contributed by atoms with Crippen LogP contribution in [0.1, 0.15) is 79.7 Å². The van der Waals surface area contributed by atoms with Crippen molar-refractivity contribution >= 4 is 5.78 Å². The topological polar surface area (TPSA) is 36.1 Å². The highest BCUT2D eigenvalue weighted by Crippen LogP contribution is 2.38. The SMILES string of the molecule is CCCCCCCN1CCC2Cc3[nH]c(C)c(CC)c3C(=O)C2C1. The Bertz CT molecular complexity index is 575. The molecule has 0 aromatic carbocycles. The number of nitrogens with zero attached hydrogens (tertiary/aromatic N) is 1. The number of likely N-dealkylation sites (tertiary alicyclic amines) is 1. The molecule has 1 aromatic rings. The summed E-state index contributed by atoms with van der Waals surface area (Å²) < 4.78 is 0. The lowest BCUT2D eigenvalue weighted by Gasteiger charge is -2.40. The molecule has 0 spiro atoms. The van der Waals surface area contributed by atoms with Crippen LogP contribution in [0.2, 0.25) is 0 Å². The molecule has 1 fully saturated rings. The lowest BCUT2D eigenvalue weighted by atomic mass is 9.72. The molecule has 2 aliphatic rings. The average Bonchev–Trinajstić information content (AvgIpc) is 2.90. The number of carbonyl (C=O) groups excluding carboxylic acids is 1. The molecule has 1 N–H and O–H groups in total. The number of piperidine rings is 1. The highest BCUT2D eigenvalue weighted by atomic mass is 16.1. The number of H-pyrrole nitrogens is 1. The van der Waals surface area contributed by atoms with Gasteiger partial charge in [0.05, 0.1) is 0 Å². The van der Waals surface area contributed by atoms with Crippen molar-refractivity contribution in [2.75, 3.05) is 19.6 Å². The first-order valence-corrected chi connectivity index (χ1v) is 10.1. The van der Waals surface area contributed by atoms with E-state index in [0.717, 1.165) is 24.9 Å². The van der Waals surface area contributed by atoms with Gasteiger partial charge in [-0.3, -0.25) is 4.79 Å². The van der Waals surface area contributed by atoms with Crippen LogP contribution in [-0.4, -0.2) is 35.3 Å². The normalized spacial score (nSPS) is 24.0. The van der Waals surface area contributed by atoms with E-state index in [1.165, 1.54) is 68.6 Å². The van der Waals surface area contributed by atoms with Crippen LogP contribution < -0.4 is 0 Å². The number of nitrogens with one attached hydrogen (secondary N) is 1. The zero-order valence-corrected chi connectivity index (χ0v) is 15.8. The summed E-state index contributed by atoms with van der Waals surface area (Å²) in [6, 6.07) is 0. The Kier molecular flexibility index (Phi) is 5.80. The molecule has 134 valence electrons. The Labute approximate surface area is 147 Å². The molecule has 2 unspecified atom stereocenters. The van der Waals surface area contributed by atoms with Gasteiger partial charge >= 0.3 is 0 Å². The van der Waals surface area contributed by atoms with Crippen LogP contribution in [-0.2, 0) is 12.8 Å². The maximum atomic E-state index is 13.2. The van der Waals surface area contributed by atoms with Gasteiger partial charge in [-0.2, -0.15) is 0 Å². The number of hydrogen-bond donors (Lipinski definition) is 1. The zero-order valence-electron chi connectivity index (χ0n) is 15.8. The van der Waals surface area contributed by atoms with Gasteiger partial charge < -0.3 is 9.88 Å². The summed E-state index contributed by atoms with van der Waals surface area (Å²) in [5.41, 5.74) is 4.76. The molecule has 0 bridgehead atoms. The van der Waals surface area contributed by atoms with Crippen molar-refractivity contribution in [1.29, 1.82) is 0 Å². The molecular formula is C21H34N2O. The van der Waals surface area contributed by atoms with E-state index >= 15 is 0 Å². The number of fused-ring (bicyclic) bond motifs is 2. The second-order valence-electron chi connectivity index (χ2n) is 7.87. The monoisotopic (exact) mass is 330 g/mol. The third-order valence-electron chi connectivity index (χ3n) is 6.22. The van der Waals surface area contributed by atoms with Gasteiger partial charge in [-0.05, 0) is 57.2 Å². The summed E-state index contributed by atoms with van der Waals surface area (Å²) in [7, 11) is 0. The van der Waals surface area contributed by atoms with Crippen molar-refractivity contribution in [3.05, 3.63) is 22.5 Å². The number of ketones is 1. The largest absolute Gasteiger partial charge is 0.362 e. The zero-order chi connectivity index (χ0) is 17.1. The van der Waals surface area contributed by atoms with E-state index in [0.29, 0.717) is 11.7 Å². The van der Waals surface area contributed by atoms with E-state index in [2.05, 4.69) is 30.7 Å². The van der Waals surface area contributed by atoms with Crippen LogP contribution in [0.15, 0.2) is 0 Å². The molecule has 24 heavy (non-hydrogen) atoms. The number of Topliss-reactive ketones (excluding diaryl/α,β-unsaturated/α-hetero) is 1. The van der Waals surface area contributed by atoms with E-state index in [1.807, 2.05) is 0 Å². The van der Waals surface area contributed by atoms with Crippen molar-refractivity contribution in [1.82, 2.24) is 9.88 Å². The van der Waals surface area contributed by atoms with Crippen LogP contribution >= 0.6 is 0 Å². The van der Waals surface area contributed by atoms with Crippen molar-refractivity contribution in [2.24, 2.45) is 11.8 Å². The van der Waals surface area contributed by atoms with Gasteiger partial charge in [-0.25, -0.2) is 0 Å². The molecule has 3 rings (SSSR count). The quantitative estimate of drug-likeness (QED) is 0.746. The Balaban J connectivity index is 1.63. The Hall–Kier alpha value is -1.09. The van der Waals surface area contributed by atoms with Gasteiger partial charge in [0.1, 0.15) is 0 Å². The van der Waals surface area contributed by atoms with Crippen LogP contribution in [0.3, 0.4) is 0 Å². The van der Waals surface area contributed by atoms with E-state index in [4.69, 9.17) is 0 Å². The highest BCUT2D eigenvalue weighted by molar-refractivity contribution is 6.02. The minimum absolute atomic E-state index is 0.238. The summed E-state index contributed by atoms with van der Waals surface area (Å²) in [6.07, 6.45) is 9.89. The Morgan fingerprint density at radius 2 is 1.96 bits per heavy atom. The number of rotatable bonds is 7. The van der Waals surface area contributed by atoms with Crippen LogP contribution in [0.4, 0.5) is 0 Å². The van der Waals surface area contributed by atoms with Crippen molar-refractivity contribution < 1.29 is 4.79 Å². The fourth-order valence-electron chi connectivity index (χ4n) is 4.83. The number of aryl methyl sites for hydroxylation is 1. The summed E-state index contributed by atoms with van der Waals surface area (Å²) in [5, 5.41) is 0. The van der Waals surface area contributed by atoms with Crippen LogP contribution in [0.5, 0.6) is 0 Å². The molecule has 0 radical (unpaired) electrons. The molecule has 2 atom stereocenters. The Morgan fingerprint density at radius 3 is 2.71 bits per heavy atom. The predicted molar refractivity (Wildman–Crippen MR) is 99.7 cm³/mol. The van der Waals surface area contributed by atoms with E-state index in [-0.39, 0.29) is 5.92 Å². The first kappa shape index (κ1) is 17.7. The number of carbonyl (C=O) groups is 1. The molecule has 1 aliphatic heterocycles. The van der Waals surface area contributed by atoms with Crippen molar-refractivity contribution in [3.8, 4) is 0 Å². The maximum Gasteiger partial charge on any atom is 0.169 e. The third kappa shape index (κ3) is 3.46. The number of hydrogen-bond acceptors (Lipinski definition) is 2. The van der Waals surface area contributed by atoms with Gasteiger partial charge in [-0.1, -0.05) is 39.5 Å². The Morgan fingerprint density at radius 1 is 1.17 bits per heavy atom. The maximum absolute atomic E-state index is 13.2. The van der Waals surface area contributed by atoms with E-state index in [9.17, 15) is 4.79 Å². The van der Waals surface area contributed by atoms with Gasteiger partial charge in [0.25, 0.3) is 0 Å². The minimum Gasteiger partial charge on any atom is -0.362 e.